The van der Waals surface area contributed by atoms with E-state index < -0.39 is 0 Å². The van der Waals surface area contributed by atoms with E-state index in [4.69, 9.17) is 0 Å². The Bertz CT molecular complexity index is 315. The summed E-state index contributed by atoms with van der Waals surface area (Å²) in [4.78, 5) is 0. The fraction of sp³-hybridized carbons (Fsp3) is 0.769. The predicted molar refractivity (Wildman–Crippen MR) is 66.5 cm³/mol. The monoisotopic (exact) mass is 221 g/mol. The predicted octanol–water partition coefficient (Wildman–Crippen LogP) is 2.43. The Morgan fingerprint density at radius 3 is 2.94 bits per heavy atom. The molecule has 90 valence electrons. The van der Waals surface area contributed by atoms with Crippen molar-refractivity contribution in [3.8, 4) is 0 Å². The second-order valence-corrected chi connectivity index (χ2v) is 4.93. The van der Waals surface area contributed by atoms with Crippen LogP contribution in [0.15, 0.2) is 6.20 Å². The molecule has 1 aliphatic rings. The molecule has 3 nitrogen and oxygen atoms in total. The van der Waals surface area contributed by atoms with Gasteiger partial charge in [-0.1, -0.05) is 6.92 Å². The van der Waals surface area contributed by atoms with Crippen LogP contribution in [-0.4, -0.2) is 22.8 Å². The topological polar surface area (TPSA) is 40.7 Å². The molecule has 0 bridgehead atoms. The summed E-state index contributed by atoms with van der Waals surface area (Å²) in [6.45, 7) is 5.52. The lowest BCUT2D eigenvalue weighted by molar-refractivity contribution is 0.446. The van der Waals surface area contributed by atoms with Crippen molar-refractivity contribution in [1.82, 2.24) is 15.5 Å². The molecule has 1 unspecified atom stereocenters. The quantitative estimate of drug-likeness (QED) is 0.694. The maximum atomic E-state index is 4.04. The first-order chi connectivity index (χ1) is 7.81. The van der Waals surface area contributed by atoms with E-state index in [1.54, 1.807) is 0 Å². The van der Waals surface area contributed by atoms with Crippen molar-refractivity contribution in [3.63, 3.8) is 0 Å². The second-order valence-electron chi connectivity index (χ2n) is 4.93. The largest absolute Gasteiger partial charge is 0.314 e. The van der Waals surface area contributed by atoms with Gasteiger partial charge in [-0.25, -0.2) is 0 Å². The van der Waals surface area contributed by atoms with Crippen LogP contribution in [0.1, 0.15) is 43.9 Å². The Balaban J connectivity index is 1.62. The third-order valence-electron chi connectivity index (χ3n) is 3.59. The summed E-state index contributed by atoms with van der Waals surface area (Å²) in [6.07, 6.45) is 8.45. The lowest BCUT2D eigenvalue weighted by Gasteiger charge is -2.15. The van der Waals surface area contributed by atoms with Crippen molar-refractivity contribution in [1.29, 1.82) is 0 Å². The first kappa shape index (κ1) is 11.6. The summed E-state index contributed by atoms with van der Waals surface area (Å²) < 4.78 is 0. The Morgan fingerprint density at radius 2 is 2.38 bits per heavy atom. The first-order valence-corrected chi connectivity index (χ1v) is 6.53. The van der Waals surface area contributed by atoms with Crippen LogP contribution in [0.2, 0.25) is 0 Å². The van der Waals surface area contributed by atoms with E-state index in [1.165, 1.54) is 36.9 Å². The third kappa shape index (κ3) is 3.08. The molecule has 16 heavy (non-hydrogen) atoms. The molecular weight excluding hydrogens is 198 g/mol. The van der Waals surface area contributed by atoms with E-state index in [0.29, 0.717) is 0 Å². The maximum Gasteiger partial charge on any atom is 0.0522 e. The summed E-state index contributed by atoms with van der Waals surface area (Å²) in [6, 6.07) is 0.769. The van der Waals surface area contributed by atoms with E-state index in [1.807, 2.05) is 6.20 Å². The van der Waals surface area contributed by atoms with Gasteiger partial charge in [0.2, 0.25) is 0 Å². The molecule has 0 spiro atoms. The molecule has 0 radical (unpaired) electrons. The van der Waals surface area contributed by atoms with Crippen molar-refractivity contribution >= 4 is 0 Å². The summed E-state index contributed by atoms with van der Waals surface area (Å²) in [5.74, 6) is 0.973. The molecule has 1 atom stereocenters. The van der Waals surface area contributed by atoms with E-state index in [9.17, 15) is 0 Å². The van der Waals surface area contributed by atoms with Crippen LogP contribution in [-0.2, 0) is 6.42 Å². The minimum Gasteiger partial charge on any atom is -0.314 e. The van der Waals surface area contributed by atoms with Gasteiger partial charge in [0, 0.05) is 11.7 Å². The van der Waals surface area contributed by atoms with Crippen LogP contribution in [0.4, 0.5) is 0 Å². The number of nitrogens with zero attached hydrogens (tertiary/aromatic N) is 1. The smallest absolute Gasteiger partial charge is 0.0522 e. The Morgan fingerprint density at radius 1 is 1.56 bits per heavy atom. The number of rotatable bonds is 7. The molecule has 0 amide bonds. The maximum absolute atomic E-state index is 4.04. The van der Waals surface area contributed by atoms with Crippen LogP contribution >= 0.6 is 0 Å². The van der Waals surface area contributed by atoms with E-state index in [0.717, 1.165) is 24.9 Å². The highest BCUT2D eigenvalue weighted by Gasteiger charge is 2.29. The molecule has 1 fully saturated rings. The van der Waals surface area contributed by atoms with Crippen LogP contribution in [0.3, 0.4) is 0 Å². The van der Waals surface area contributed by atoms with Crippen LogP contribution < -0.4 is 5.32 Å². The average Bonchev–Trinajstić information content (AvgIpc) is 3.04. The summed E-state index contributed by atoms with van der Waals surface area (Å²) in [5, 5.41) is 10.7. The van der Waals surface area contributed by atoms with Gasteiger partial charge in [-0.3, -0.25) is 5.10 Å². The van der Waals surface area contributed by atoms with Crippen molar-refractivity contribution < 1.29 is 0 Å². The fourth-order valence-corrected chi connectivity index (χ4v) is 2.34. The summed E-state index contributed by atoms with van der Waals surface area (Å²) in [5.41, 5.74) is 2.58. The summed E-state index contributed by atoms with van der Waals surface area (Å²) >= 11 is 0. The molecule has 1 aromatic heterocycles. The van der Waals surface area contributed by atoms with Crippen molar-refractivity contribution in [2.75, 3.05) is 6.54 Å². The molecule has 2 N–H and O–H groups in total. The van der Waals surface area contributed by atoms with Gasteiger partial charge in [0.25, 0.3) is 0 Å². The Kier molecular flexibility index (Phi) is 3.99. The Labute approximate surface area is 98.0 Å². The number of hydrogen-bond acceptors (Lipinski definition) is 2. The molecule has 2 rings (SSSR count). The number of aromatic amines is 1. The summed E-state index contributed by atoms with van der Waals surface area (Å²) in [7, 11) is 0. The minimum atomic E-state index is 0.769. The number of H-pyrrole nitrogens is 1. The lowest BCUT2D eigenvalue weighted by atomic mass is 10.1. The molecular formula is C13H23N3. The zero-order chi connectivity index (χ0) is 11.4. The molecule has 0 saturated heterocycles. The molecule has 1 saturated carbocycles. The zero-order valence-corrected chi connectivity index (χ0v) is 10.4. The number of nitrogens with one attached hydrogen (secondary N) is 2. The van der Waals surface area contributed by atoms with E-state index in [-0.39, 0.29) is 0 Å². The standard InChI is InChI=1S/C13H23N3/c1-3-13(11-6-7-11)14-8-4-5-12-9-15-16-10(12)2/h9,11,13-14H,3-8H2,1-2H3,(H,15,16). The first-order valence-electron chi connectivity index (χ1n) is 6.53. The number of aromatic nitrogens is 2. The molecule has 0 aromatic carbocycles. The highest BCUT2D eigenvalue weighted by molar-refractivity contribution is 5.14. The van der Waals surface area contributed by atoms with Gasteiger partial charge >= 0.3 is 0 Å². The lowest BCUT2D eigenvalue weighted by Crippen LogP contribution is -2.31. The van der Waals surface area contributed by atoms with E-state index >= 15 is 0 Å². The van der Waals surface area contributed by atoms with Crippen LogP contribution in [0.25, 0.3) is 0 Å². The fourth-order valence-electron chi connectivity index (χ4n) is 2.34. The van der Waals surface area contributed by atoms with Crippen LogP contribution in [0, 0.1) is 12.8 Å². The van der Waals surface area contributed by atoms with Crippen molar-refractivity contribution in [2.45, 2.75) is 52.0 Å². The van der Waals surface area contributed by atoms with E-state index in [2.05, 4.69) is 29.4 Å². The van der Waals surface area contributed by atoms with Crippen molar-refractivity contribution in [2.24, 2.45) is 5.92 Å². The van der Waals surface area contributed by atoms with Gasteiger partial charge in [-0.2, -0.15) is 5.10 Å². The van der Waals surface area contributed by atoms with Gasteiger partial charge in [0.1, 0.15) is 0 Å². The SMILES string of the molecule is CCC(NCCCc1cn[nH]c1C)C1CC1. The highest BCUT2D eigenvalue weighted by Crippen LogP contribution is 2.33. The molecule has 1 heterocycles. The molecule has 0 aliphatic heterocycles. The highest BCUT2D eigenvalue weighted by atomic mass is 15.1. The van der Waals surface area contributed by atoms with Gasteiger partial charge in [0.05, 0.1) is 6.20 Å². The molecule has 3 heteroatoms. The second kappa shape index (κ2) is 5.48. The number of hydrogen-bond donors (Lipinski definition) is 2. The van der Waals surface area contributed by atoms with Crippen LogP contribution in [0.5, 0.6) is 0 Å². The molecule has 1 aliphatic carbocycles. The third-order valence-corrected chi connectivity index (χ3v) is 3.59. The Hall–Kier alpha value is -0.830. The van der Waals surface area contributed by atoms with Gasteiger partial charge in [0.15, 0.2) is 0 Å². The zero-order valence-electron chi connectivity index (χ0n) is 10.4. The van der Waals surface area contributed by atoms with Gasteiger partial charge in [-0.15, -0.1) is 0 Å². The van der Waals surface area contributed by atoms with Gasteiger partial charge < -0.3 is 5.32 Å². The minimum absolute atomic E-state index is 0.769. The van der Waals surface area contributed by atoms with Crippen molar-refractivity contribution in [3.05, 3.63) is 17.5 Å². The van der Waals surface area contributed by atoms with Gasteiger partial charge in [-0.05, 0) is 57.1 Å². The normalized spacial score (nSPS) is 17.6. The number of aryl methyl sites for hydroxylation is 2. The molecule has 1 aromatic rings. The average molecular weight is 221 g/mol.